The molecule has 0 aliphatic heterocycles. The lowest BCUT2D eigenvalue weighted by Gasteiger charge is -2.07. The summed E-state index contributed by atoms with van der Waals surface area (Å²) in [4.78, 5) is 34.9. The Bertz CT molecular complexity index is 1130. The molecule has 0 radical (unpaired) electrons. The molecule has 0 unspecified atom stereocenters. The topological polar surface area (TPSA) is 117 Å². The van der Waals surface area contributed by atoms with Crippen molar-refractivity contribution in [3.63, 3.8) is 0 Å². The van der Waals surface area contributed by atoms with E-state index < -0.39 is 23.3 Å². The number of non-ortho nitro benzene ring substituents is 1. The molecular weight excluding hydrogens is 402 g/mol. The Labute approximate surface area is 170 Å². The zero-order valence-electron chi connectivity index (χ0n) is 15.8. The standard InChI is InChI=1S/C19H16ClN3O6/c1-10-6-15(12(3)22(10)18-7-11(2)29-21-18)17(24)9-28-19(25)14-5-4-13(23(26)27)8-16(14)20/h4-8H,9H2,1-3H3. The molecule has 29 heavy (non-hydrogen) atoms. The number of nitrogens with zero attached hydrogens (tertiary/aromatic N) is 3. The Kier molecular flexibility index (Phi) is 5.51. The zero-order valence-corrected chi connectivity index (χ0v) is 16.5. The van der Waals surface area contributed by atoms with E-state index in [9.17, 15) is 19.7 Å². The fraction of sp³-hybridized carbons (Fsp3) is 0.211. The third-order valence-electron chi connectivity index (χ3n) is 4.29. The first-order valence-electron chi connectivity index (χ1n) is 8.46. The molecule has 10 heteroatoms. The highest BCUT2D eigenvalue weighted by atomic mass is 35.5. The number of nitro groups is 1. The van der Waals surface area contributed by atoms with Crippen LogP contribution in [-0.2, 0) is 4.74 Å². The number of benzene rings is 1. The maximum atomic E-state index is 12.6. The first-order chi connectivity index (χ1) is 13.7. The van der Waals surface area contributed by atoms with Crippen LogP contribution < -0.4 is 0 Å². The lowest BCUT2D eigenvalue weighted by molar-refractivity contribution is -0.384. The Morgan fingerprint density at radius 1 is 1.21 bits per heavy atom. The van der Waals surface area contributed by atoms with E-state index in [1.165, 1.54) is 6.07 Å². The van der Waals surface area contributed by atoms with Gasteiger partial charge >= 0.3 is 5.97 Å². The van der Waals surface area contributed by atoms with Crippen LogP contribution in [-0.4, -0.2) is 33.0 Å². The first-order valence-corrected chi connectivity index (χ1v) is 8.83. The summed E-state index contributed by atoms with van der Waals surface area (Å²) in [5.41, 5.74) is 1.46. The minimum absolute atomic E-state index is 0.0615. The molecule has 0 aliphatic carbocycles. The number of rotatable bonds is 6. The molecule has 9 nitrogen and oxygen atoms in total. The molecule has 150 valence electrons. The molecule has 3 rings (SSSR count). The van der Waals surface area contributed by atoms with Crippen LogP contribution in [0.4, 0.5) is 5.69 Å². The van der Waals surface area contributed by atoms with E-state index in [-0.39, 0.29) is 16.3 Å². The van der Waals surface area contributed by atoms with Crippen molar-refractivity contribution in [2.75, 3.05) is 6.61 Å². The number of aromatic nitrogens is 2. The molecule has 0 saturated heterocycles. The normalized spacial score (nSPS) is 10.8. The molecule has 0 N–H and O–H groups in total. The average molecular weight is 418 g/mol. The molecule has 0 bridgehead atoms. The Morgan fingerprint density at radius 3 is 2.52 bits per heavy atom. The number of hydrogen-bond acceptors (Lipinski definition) is 7. The van der Waals surface area contributed by atoms with Gasteiger partial charge in [-0.15, -0.1) is 0 Å². The summed E-state index contributed by atoms with van der Waals surface area (Å²) >= 11 is 5.91. The monoisotopic (exact) mass is 417 g/mol. The van der Waals surface area contributed by atoms with Gasteiger partial charge in [-0.2, -0.15) is 0 Å². The molecule has 2 aromatic heterocycles. The van der Waals surface area contributed by atoms with Crippen molar-refractivity contribution < 1.29 is 23.8 Å². The largest absolute Gasteiger partial charge is 0.454 e. The first kappa shape index (κ1) is 20.3. The van der Waals surface area contributed by atoms with Crippen molar-refractivity contribution in [1.29, 1.82) is 0 Å². The van der Waals surface area contributed by atoms with Crippen molar-refractivity contribution in [1.82, 2.24) is 9.72 Å². The summed E-state index contributed by atoms with van der Waals surface area (Å²) in [6, 6.07) is 6.79. The molecule has 0 atom stereocenters. The minimum atomic E-state index is -0.848. The fourth-order valence-corrected chi connectivity index (χ4v) is 3.18. The summed E-state index contributed by atoms with van der Waals surface area (Å²) in [7, 11) is 0. The Hall–Kier alpha value is -3.46. The molecule has 0 amide bonds. The third-order valence-corrected chi connectivity index (χ3v) is 4.61. The smallest absolute Gasteiger partial charge is 0.340 e. The van der Waals surface area contributed by atoms with Gasteiger partial charge in [0.1, 0.15) is 5.76 Å². The summed E-state index contributed by atoms with van der Waals surface area (Å²) in [6.07, 6.45) is 0. The molecule has 3 aromatic rings. The van der Waals surface area contributed by atoms with Crippen LogP contribution in [0.3, 0.4) is 0 Å². The highest BCUT2D eigenvalue weighted by Gasteiger charge is 2.21. The number of aryl methyl sites for hydroxylation is 2. The van der Waals surface area contributed by atoms with Crippen molar-refractivity contribution in [2.45, 2.75) is 20.8 Å². The number of ketones is 1. The van der Waals surface area contributed by atoms with E-state index >= 15 is 0 Å². The van der Waals surface area contributed by atoms with Gasteiger partial charge in [-0.1, -0.05) is 16.8 Å². The number of esters is 1. The molecule has 0 fully saturated rings. The molecule has 0 spiro atoms. The van der Waals surface area contributed by atoms with Crippen molar-refractivity contribution in [3.05, 3.63) is 73.7 Å². The lowest BCUT2D eigenvalue weighted by Crippen LogP contribution is -2.15. The van der Waals surface area contributed by atoms with Gasteiger partial charge < -0.3 is 9.26 Å². The van der Waals surface area contributed by atoms with Gasteiger partial charge in [0.25, 0.3) is 5.69 Å². The summed E-state index contributed by atoms with van der Waals surface area (Å²) in [5.74, 6) is -0.0735. The summed E-state index contributed by atoms with van der Waals surface area (Å²) in [5, 5.41) is 14.6. The molecule has 1 aromatic carbocycles. The van der Waals surface area contributed by atoms with Crippen LogP contribution in [0.15, 0.2) is 34.9 Å². The maximum Gasteiger partial charge on any atom is 0.340 e. The van der Waals surface area contributed by atoms with Gasteiger partial charge in [0.15, 0.2) is 12.4 Å². The Morgan fingerprint density at radius 2 is 1.93 bits per heavy atom. The van der Waals surface area contributed by atoms with Crippen LogP contribution >= 0.6 is 11.6 Å². The second kappa shape index (κ2) is 7.88. The van der Waals surface area contributed by atoms with Crippen molar-refractivity contribution >= 4 is 29.0 Å². The SMILES string of the molecule is Cc1cc(-n2c(C)cc(C(=O)COC(=O)c3ccc([N+](=O)[O-])cc3Cl)c2C)no1. The number of Topliss-reactive ketones (excluding diaryl/α,β-unsaturated/α-hetero) is 1. The summed E-state index contributed by atoms with van der Waals surface area (Å²) in [6.45, 7) is 4.82. The van der Waals surface area contributed by atoms with Crippen LogP contribution in [0.1, 0.15) is 37.9 Å². The van der Waals surface area contributed by atoms with E-state index in [0.717, 1.165) is 17.8 Å². The van der Waals surface area contributed by atoms with Gasteiger partial charge in [0.05, 0.1) is 15.5 Å². The van der Waals surface area contributed by atoms with E-state index in [4.69, 9.17) is 20.9 Å². The molecule has 2 heterocycles. The van der Waals surface area contributed by atoms with E-state index in [1.54, 1.807) is 30.5 Å². The van der Waals surface area contributed by atoms with Crippen LogP contribution in [0.25, 0.3) is 5.82 Å². The number of ether oxygens (including phenoxy) is 1. The van der Waals surface area contributed by atoms with Crippen molar-refractivity contribution in [2.24, 2.45) is 0 Å². The number of carbonyl (C=O) groups excluding carboxylic acids is 2. The van der Waals surface area contributed by atoms with Gasteiger partial charge in [-0.05, 0) is 32.9 Å². The van der Waals surface area contributed by atoms with Gasteiger partial charge in [0.2, 0.25) is 5.78 Å². The quantitative estimate of drug-likeness (QED) is 0.257. The molecular formula is C19H16ClN3O6. The highest BCUT2D eigenvalue weighted by molar-refractivity contribution is 6.33. The maximum absolute atomic E-state index is 12.6. The third kappa shape index (κ3) is 4.04. The predicted octanol–water partition coefficient (Wildman–Crippen LogP) is 3.99. The van der Waals surface area contributed by atoms with Crippen LogP contribution in [0.5, 0.6) is 0 Å². The Balaban J connectivity index is 1.75. The predicted molar refractivity (Wildman–Crippen MR) is 103 cm³/mol. The number of hydrogen-bond donors (Lipinski definition) is 0. The van der Waals surface area contributed by atoms with Crippen LogP contribution in [0.2, 0.25) is 5.02 Å². The summed E-state index contributed by atoms with van der Waals surface area (Å²) < 4.78 is 11.9. The lowest BCUT2D eigenvalue weighted by atomic mass is 10.1. The van der Waals surface area contributed by atoms with Gasteiger partial charge in [0, 0.05) is 35.2 Å². The number of halogens is 1. The number of nitro benzene ring substituents is 1. The van der Waals surface area contributed by atoms with E-state index in [2.05, 4.69) is 5.16 Å². The fourth-order valence-electron chi connectivity index (χ4n) is 2.93. The van der Waals surface area contributed by atoms with E-state index in [0.29, 0.717) is 22.8 Å². The van der Waals surface area contributed by atoms with E-state index in [1.807, 2.05) is 6.92 Å². The molecule has 0 saturated carbocycles. The van der Waals surface area contributed by atoms with Gasteiger partial charge in [-0.3, -0.25) is 19.5 Å². The zero-order chi connectivity index (χ0) is 21.3. The van der Waals surface area contributed by atoms with Gasteiger partial charge in [-0.25, -0.2) is 4.79 Å². The molecule has 0 aliphatic rings. The second-order valence-corrected chi connectivity index (χ2v) is 6.74. The van der Waals surface area contributed by atoms with Crippen molar-refractivity contribution in [3.8, 4) is 5.82 Å². The number of carbonyl (C=O) groups is 2. The average Bonchev–Trinajstić information content (AvgIpc) is 3.21. The highest BCUT2D eigenvalue weighted by Crippen LogP contribution is 2.24. The van der Waals surface area contributed by atoms with Crippen LogP contribution in [0, 0.1) is 30.9 Å². The minimum Gasteiger partial charge on any atom is -0.454 e. The second-order valence-electron chi connectivity index (χ2n) is 6.34.